The van der Waals surface area contributed by atoms with E-state index in [-0.39, 0.29) is 11.8 Å². The molecule has 1 N–H and O–H groups in total. The Morgan fingerprint density at radius 1 is 1.08 bits per heavy atom. The zero-order valence-corrected chi connectivity index (χ0v) is 21.6. The van der Waals surface area contributed by atoms with Crippen molar-refractivity contribution in [3.63, 3.8) is 0 Å². The zero-order chi connectivity index (χ0) is 25.6. The largest absolute Gasteiger partial charge is 0.489 e. The van der Waals surface area contributed by atoms with Gasteiger partial charge in [-0.15, -0.1) is 0 Å². The maximum atomic E-state index is 13.0. The van der Waals surface area contributed by atoms with Crippen LogP contribution in [-0.2, 0) is 17.9 Å². The Hall–Kier alpha value is -3.39. The SMILES string of the molecule is O=C(Nc1ccc(OCc2ccccc2)cc1)C1CCCN(Cc2nc(-c3ccc(Cl)cc3Cl)no2)C1. The molecular formula is C28H26Cl2N4O3. The molecule has 1 amide bonds. The Labute approximate surface area is 225 Å². The average molecular weight is 537 g/mol. The lowest BCUT2D eigenvalue weighted by molar-refractivity contribution is -0.121. The van der Waals surface area contributed by atoms with Gasteiger partial charge in [0.25, 0.3) is 0 Å². The van der Waals surface area contributed by atoms with Crippen molar-refractivity contribution in [2.24, 2.45) is 5.92 Å². The fourth-order valence-corrected chi connectivity index (χ4v) is 4.82. The van der Waals surface area contributed by atoms with Crippen molar-refractivity contribution in [2.75, 3.05) is 18.4 Å². The van der Waals surface area contributed by atoms with Gasteiger partial charge in [-0.05, 0) is 67.4 Å². The average Bonchev–Trinajstić information content (AvgIpc) is 3.37. The fourth-order valence-electron chi connectivity index (χ4n) is 4.32. The van der Waals surface area contributed by atoms with E-state index in [9.17, 15) is 4.79 Å². The summed E-state index contributed by atoms with van der Waals surface area (Å²) in [6, 6.07) is 22.6. The van der Waals surface area contributed by atoms with E-state index in [0.29, 0.717) is 47.0 Å². The number of halogens is 2. The molecule has 1 atom stereocenters. The number of piperidine rings is 1. The Bertz CT molecular complexity index is 1350. The Balaban J connectivity index is 1.13. The summed E-state index contributed by atoms with van der Waals surface area (Å²) in [4.78, 5) is 19.6. The summed E-state index contributed by atoms with van der Waals surface area (Å²) in [6.07, 6.45) is 1.74. The lowest BCUT2D eigenvalue weighted by Gasteiger charge is -2.30. The maximum absolute atomic E-state index is 13.0. The third-order valence-electron chi connectivity index (χ3n) is 6.25. The van der Waals surface area contributed by atoms with Gasteiger partial charge in [-0.2, -0.15) is 4.98 Å². The van der Waals surface area contributed by atoms with E-state index >= 15 is 0 Å². The predicted octanol–water partition coefficient (Wildman–Crippen LogP) is 6.47. The number of anilines is 1. The number of nitrogens with one attached hydrogen (secondary N) is 1. The first-order chi connectivity index (χ1) is 18.0. The van der Waals surface area contributed by atoms with Crippen LogP contribution in [0.3, 0.4) is 0 Å². The monoisotopic (exact) mass is 536 g/mol. The van der Waals surface area contributed by atoms with Gasteiger partial charge >= 0.3 is 0 Å². The van der Waals surface area contributed by atoms with Crippen LogP contribution in [0.25, 0.3) is 11.4 Å². The van der Waals surface area contributed by atoms with Gasteiger partial charge in [0, 0.05) is 22.8 Å². The fraction of sp³-hybridized carbons (Fsp3) is 0.250. The van der Waals surface area contributed by atoms with Crippen molar-refractivity contribution in [3.05, 3.63) is 94.3 Å². The minimum atomic E-state index is -0.129. The maximum Gasteiger partial charge on any atom is 0.241 e. The molecule has 1 aliphatic rings. The number of aromatic nitrogens is 2. The normalized spacial score (nSPS) is 15.9. The molecule has 2 heterocycles. The van der Waals surface area contributed by atoms with E-state index < -0.39 is 0 Å². The van der Waals surface area contributed by atoms with E-state index in [0.717, 1.165) is 36.4 Å². The molecule has 37 heavy (non-hydrogen) atoms. The number of carbonyl (C=O) groups excluding carboxylic acids is 1. The van der Waals surface area contributed by atoms with Crippen molar-refractivity contribution < 1.29 is 14.1 Å². The standard InChI is InChI=1S/C28H26Cl2N4O3/c29-21-8-13-24(25(30)15-21)27-32-26(37-33-27)17-34-14-4-7-20(16-34)28(35)31-22-9-11-23(12-10-22)36-18-19-5-2-1-3-6-19/h1-3,5-6,8-13,15,20H,4,7,14,16-18H2,(H,31,35). The summed E-state index contributed by atoms with van der Waals surface area (Å²) in [5.41, 5.74) is 2.51. The van der Waals surface area contributed by atoms with Gasteiger partial charge in [0.2, 0.25) is 17.6 Å². The number of benzene rings is 3. The number of likely N-dealkylation sites (tertiary alicyclic amines) is 1. The summed E-state index contributed by atoms with van der Waals surface area (Å²) in [6.45, 7) is 2.44. The van der Waals surface area contributed by atoms with Gasteiger partial charge in [0.15, 0.2) is 0 Å². The second-order valence-corrected chi connectivity index (χ2v) is 9.84. The molecule has 0 spiro atoms. The van der Waals surface area contributed by atoms with Crippen molar-refractivity contribution in [1.82, 2.24) is 15.0 Å². The predicted molar refractivity (Wildman–Crippen MR) is 144 cm³/mol. The van der Waals surface area contributed by atoms with Crippen LogP contribution in [0, 0.1) is 5.92 Å². The Morgan fingerprint density at radius 2 is 1.89 bits per heavy atom. The number of rotatable bonds is 8. The van der Waals surface area contributed by atoms with Crippen LogP contribution in [-0.4, -0.2) is 34.0 Å². The highest BCUT2D eigenvalue weighted by Gasteiger charge is 2.27. The molecular weight excluding hydrogens is 511 g/mol. The molecule has 3 aromatic carbocycles. The van der Waals surface area contributed by atoms with Crippen LogP contribution < -0.4 is 10.1 Å². The first-order valence-corrected chi connectivity index (χ1v) is 12.9. The lowest BCUT2D eigenvalue weighted by Crippen LogP contribution is -2.40. The highest BCUT2D eigenvalue weighted by Crippen LogP contribution is 2.29. The van der Waals surface area contributed by atoms with Gasteiger partial charge < -0.3 is 14.6 Å². The molecule has 1 aromatic heterocycles. The van der Waals surface area contributed by atoms with Crippen LogP contribution >= 0.6 is 23.2 Å². The van der Waals surface area contributed by atoms with Gasteiger partial charge in [-0.25, -0.2) is 0 Å². The minimum Gasteiger partial charge on any atom is -0.489 e. The summed E-state index contributed by atoms with van der Waals surface area (Å²) in [5, 5.41) is 8.10. The highest BCUT2D eigenvalue weighted by molar-refractivity contribution is 6.36. The molecule has 4 aromatic rings. The lowest BCUT2D eigenvalue weighted by atomic mass is 9.97. The summed E-state index contributed by atoms with van der Waals surface area (Å²) in [7, 11) is 0. The number of hydrogen-bond donors (Lipinski definition) is 1. The Kier molecular flexibility index (Phi) is 8.04. The smallest absolute Gasteiger partial charge is 0.241 e. The van der Waals surface area contributed by atoms with E-state index in [1.165, 1.54) is 0 Å². The van der Waals surface area contributed by atoms with Gasteiger partial charge in [-0.1, -0.05) is 58.7 Å². The second kappa shape index (κ2) is 11.8. The van der Waals surface area contributed by atoms with Crippen molar-refractivity contribution >= 4 is 34.8 Å². The molecule has 1 aliphatic heterocycles. The molecule has 190 valence electrons. The highest BCUT2D eigenvalue weighted by atomic mass is 35.5. The van der Waals surface area contributed by atoms with Crippen LogP contribution in [0.5, 0.6) is 5.75 Å². The molecule has 0 saturated carbocycles. The van der Waals surface area contributed by atoms with E-state index in [4.69, 9.17) is 32.5 Å². The molecule has 0 aliphatic carbocycles. The molecule has 1 fully saturated rings. The van der Waals surface area contributed by atoms with E-state index in [1.54, 1.807) is 18.2 Å². The molecule has 0 bridgehead atoms. The number of nitrogens with zero attached hydrogens (tertiary/aromatic N) is 3. The van der Waals surface area contributed by atoms with Gasteiger partial charge in [0.05, 0.1) is 17.5 Å². The summed E-state index contributed by atoms with van der Waals surface area (Å²) < 4.78 is 11.3. The quantitative estimate of drug-likeness (QED) is 0.277. The van der Waals surface area contributed by atoms with Crippen LogP contribution in [0.4, 0.5) is 5.69 Å². The van der Waals surface area contributed by atoms with Crippen LogP contribution in [0.2, 0.25) is 10.0 Å². The minimum absolute atomic E-state index is 0.00168. The van der Waals surface area contributed by atoms with Gasteiger partial charge in [0.1, 0.15) is 12.4 Å². The van der Waals surface area contributed by atoms with Gasteiger partial charge in [-0.3, -0.25) is 9.69 Å². The third kappa shape index (κ3) is 6.68. The Morgan fingerprint density at radius 3 is 2.68 bits per heavy atom. The first kappa shape index (κ1) is 25.3. The number of ether oxygens (including phenoxy) is 1. The number of carbonyl (C=O) groups is 1. The zero-order valence-electron chi connectivity index (χ0n) is 20.1. The van der Waals surface area contributed by atoms with E-state index in [2.05, 4.69) is 20.4 Å². The number of amides is 1. The summed E-state index contributed by atoms with van der Waals surface area (Å²) in [5.74, 6) is 1.52. The molecule has 5 rings (SSSR count). The molecule has 1 unspecified atom stereocenters. The molecule has 7 nitrogen and oxygen atoms in total. The first-order valence-electron chi connectivity index (χ1n) is 12.1. The second-order valence-electron chi connectivity index (χ2n) is 9.00. The van der Waals surface area contributed by atoms with Crippen molar-refractivity contribution in [3.8, 4) is 17.1 Å². The molecule has 1 saturated heterocycles. The van der Waals surface area contributed by atoms with E-state index in [1.807, 2.05) is 54.6 Å². The van der Waals surface area contributed by atoms with Crippen LogP contribution in [0.15, 0.2) is 77.3 Å². The van der Waals surface area contributed by atoms with Crippen molar-refractivity contribution in [2.45, 2.75) is 26.0 Å². The molecule has 0 radical (unpaired) electrons. The van der Waals surface area contributed by atoms with Crippen molar-refractivity contribution in [1.29, 1.82) is 0 Å². The third-order valence-corrected chi connectivity index (χ3v) is 6.79. The number of hydrogen-bond acceptors (Lipinski definition) is 6. The van der Waals surface area contributed by atoms with Crippen LogP contribution in [0.1, 0.15) is 24.3 Å². The summed E-state index contributed by atoms with van der Waals surface area (Å²) >= 11 is 12.2. The molecule has 9 heteroatoms. The topological polar surface area (TPSA) is 80.5 Å².